The first kappa shape index (κ1) is 12.8. The lowest BCUT2D eigenvalue weighted by atomic mass is 10.1. The summed E-state index contributed by atoms with van der Waals surface area (Å²) in [5, 5.41) is 1.85. The van der Waals surface area contributed by atoms with Crippen LogP contribution in [0, 0.1) is 0 Å². The zero-order chi connectivity index (χ0) is 12.4. The number of benzene rings is 1. The second kappa shape index (κ2) is 5.33. The van der Waals surface area contributed by atoms with Crippen molar-refractivity contribution in [1.29, 1.82) is 0 Å². The van der Waals surface area contributed by atoms with E-state index in [0.29, 0.717) is 16.2 Å². The van der Waals surface area contributed by atoms with E-state index in [1.165, 1.54) is 11.3 Å². The maximum absolute atomic E-state index is 12.3. The van der Waals surface area contributed by atoms with Gasteiger partial charge in [-0.1, -0.05) is 31.9 Å². The molecule has 2 aromatic rings. The third-order valence-electron chi connectivity index (χ3n) is 2.18. The monoisotopic (exact) mass is 374 g/mol. The Bertz CT molecular complexity index is 543. The highest BCUT2D eigenvalue weighted by Crippen LogP contribution is 2.29. The molecule has 1 aromatic carbocycles. The highest BCUT2D eigenvalue weighted by Gasteiger charge is 2.16. The lowest BCUT2D eigenvalue weighted by Crippen LogP contribution is -2.00. The minimum atomic E-state index is -0.0288. The van der Waals surface area contributed by atoms with Crippen LogP contribution < -0.4 is 4.74 Å². The number of hydrogen-bond acceptors (Lipinski definition) is 3. The Morgan fingerprint density at radius 3 is 2.47 bits per heavy atom. The van der Waals surface area contributed by atoms with Gasteiger partial charge >= 0.3 is 0 Å². The van der Waals surface area contributed by atoms with E-state index in [0.717, 1.165) is 8.95 Å². The second-order valence-electron chi connectivity index (χ2n) is 3.31. The van der Waals surface area contributed by atoms with Crippen LogP contribution in [0.2, 0.25) is 0 Å². The van der Waals surface area contributed by atoms with Crippen LogP contribution >= 0.6 is 43.2 Å². The van der Waals surface area contributed by atoms with Crippen molar-refractivity contribution in [2.45, 2.75) is 0 Å². The third-order valence-corrected chi connectivity index (χ3v) is 3.99. The van der Waals surface area contributed by atoms with Gasteiger partial charge in [0, 0.05) is 14.5 Å². The summed E-state index contributed by atoms with van der Waals surface area (Å²) in [6, 6.07) is 7.28. The largest absolute Gasteiger partial charge is 0.495 e. The van der Waals surface area contributed by atoms with Crippen molar-refractivity contribution in [2.24, 2.45) is 0 Å². The molecule has 0 amide bonds. The molecule has 0 aliphatic carbocycles. The molecular weight excluding hydrogens is 368 g/mol. The number of hydrogen-bond donors (Lipinski definition) is 0. The fraction of sp³-hybridized carbons (Fsp3) is 0.0833. The molecule has 1 aromatic heterocycles. The van der Waals surface area contributed by atoms with E-state index in [2.05, 4.69) is 31.9 Å². The van der Waals surface area contributed by atoms with Crippen molar-refractivity contribution < 1.29 is 9.53 Å². The molecule has 0 radical (unpaired) electrons. The first-order chi connectivity index (χ1) is 8.11. The standard InChI is InChI=1S/C12H8Br2O2S/c1-16-10-2-3-17-12(10)11(15)7-4-8(13)6-9(14)5-7/h2-6H,1H3. The average molecular weight is 376 g/mol. The van der Waals surface area contributed by atoms with Crippen LogP contribution in [0.1, 0.15) is 15.2 Å². The van der Waals surface area contributed by atoms with E-state index in [9.17, 15) is 4.79 Å². The Balaban J connectivity index is 2.43. The second-order valence-corrected chi connectivity index (χ2v) is 6.05. The van der Waals surface area contributed by atoms with Crippen LogP contribution in [0.25, 0.3) is 0 Å². The van der Waals surface area contributed by atoms with Gasteiger partial charge in [0.05, 0.1) is 7.11 Å². The van der Waals surface area contributed by atoms with E-state index in [-0.39, 0.29) is 5.78 Å². The van der Waals surface area contributed by atoms with E-state index in [1.54, 1.807) is 25.3 Å². The third kappa shape index (κ3) is 2.78. The van der Waals surface area contributed by atoms with Crippen LogP contribution in [-0.2, 0) is 0 Å². The molecule has 0 spiro atoms. The number of carbonyl (C=O) groups excluding carboxylic acids is 1. The van der Waals surface area contributed by atoms with E-state index in [1.807, 2.05) is 11.4 Å². The summed E-state index contributed by atoms with van der Waals surface area (Å²) in [6.45, 7) is 0. The summed E-state index contributed by atoms with van der Waals surface area (Å²) in [6.07, 6.45) is 0. The molecule has 5 heteroatoms. The lowest BCUT2D eigenvalue weighted by molar-refractivity contribution is 0.104. The highest BCUT2D eigenvalue weighted by molar-refractivity contribution is 9.11. The smallest absolute Gasteiger partial charge is 0.206 e. The van der Waals surface area contributed by atoms with Crippen LogP contribution in [0.15, 0.2) is 38.6 Å². The molecule has 0 aliphatic heterocycles. The maximum atomic E-state index is 12.3. The molecule has 0 aliphatic rings. The Hall–Kier alpha value is -0.650. The molecule has 0 fully saturated rings. The first-order valence-corrected chi connectivity index (χ1v) is 7.20. The van der Waals surface area contributed by atoms with Crippen molar-refractivity contribution in [3.05, 3.63) is 49.0 Å². The van der Waals surface area contributed by atoms with E-state index >= 15 is 0 Å². The topological polar surface area (TPSA) is 26.3 Å². The zero-order valence-electron chi connectivity index (χ0n) is 8.87. The molecule has 0 bridgehead atoms. The molecule has 88 valence electrons. The predicted octanol–water partition coefficient (Wildman–Crippen LogP) is 4.51. The maximum Gasteiger partial charge on any atom is 0.206 e. The van der Waals surface area contributed by atoms with Gasteiger partial charge in [0.25, 0.3) is 0 Å². The SMILES string of the molecule is COc1ccsc1C(=O)c1cc(Br)cc(Br)c1. The summed E-state index contributed by atoms with van der Waals surface area (Å²) < 4.78 is 6.89. The van der Waals surface area contributed by atoms with Gasteiger partial charge in [-0.15, -0.1) is 11.3 Å². The van der Waals surface area contributed by atoms with Gasteiger partial charge in [-0.2, -0.15) is 0 Å². The van der Waals surface area contributed by atoms with Gasteiger partial charge in [0.15, 0.2) is 0 Å². The highest BCUT2D eigenvalue weighted by atomic mass is 79.9. The molecule has 17 heavy (non-hydrogen) atoms. The Kier molecular flexibility index (Phi) is 4.01. The molecule has 0 N–H and O–H groups in total. The van der Waals surface area contributed by atoms with Crippen LogP contribution in [0.3, 0.4) is 0 Å². The number of carbonyl (C=O) groups is 1. The minimum absolute atomic E-state index is 0.0288. The molecule has 0 saturated heterocycles. The number of halogens is 2. The normalized spacial score (nSPS) is 10.3. The van der Waals surface area contributed by atoms with Crippen LogP contribution in [0.5, 0.6) is 5.75 Å². The van der Waals surface area contributed by atoms with Crippen molar-refractivity contribution >= 4 is 49.0 Å². The number of ether oxygens (including phenoxy) is 1. The molecule has 2 nitrogen and oxygen atoms in total. The van der Waals surface area contributed by atoms with Gasteiger partial charge in [0.1, 0.15) is 10.6 Å². The summed E-state index contributed by atoms with van der Waals surface area (Å²) in [5.74, 6) is 0.593. The van der Waals surface area contributed by atoms with E-state index in [4.69, 9.17) is 4.74 Å². The molecular formula is C12H8Br2O2S. The first-order valence-electron chi connectivity index (χ1n) is 4.74. The van der Waals surface area contributed by atoms with Crippen molar-refractivity contribution in [2.75, 3.05) is 7.11 Å². The van der Waals surface area contributed by atoms with Gasteiger partial charge in [-0.05, 0) is 29.6 Å². The Labute approximate surface area is 120 Å². The molecule has 0 atom stereocenters. The van der Waals surface area contributed by atoms with Gasteiger partial charge in [0.2, 0.25) is 5.78 Å². The summed E-state index contributed by atoms with van der Waals surface area (Å²) in [5.41, 5.74) is 0.631. The zero-order valence-corrected chi connectivity index (χ0v) is 12.9. The molecule has 1 heterocycles. The quantitative estimate of drug-likeness (QED) is 0.737. The summed E-state index contributed by atoms with van der Waals surface area (Å²) in [4.78, 5) is 12.9. The van der Waals surface area contributed by atoms with Crippen molar-refractivity contribution in [3.63, 3.8) is 0 Å². The average Bonchev–Trinajstić information content (AvgIpc) is 2.74. The number of thiophene rings is 1. The van der Waals surface area contributed by atoms with E-state index < -0.39 is 0 Å². The fourth-order valence-corrected chi connectivity index (χ4v) is 3.55. The van der Waals surface area contributed by atoms with Crippen LogP contribution in [-0.4, -0.2) is 12.9 Å². The summed E-state index contributed by atoms with van der Waals surface area (Å²) >= 11 is 8.12. The van der Waals surface area contributed by atoms with Crippen molar-refractivity contribution in [1.82, 2.24) is 0 Å². The fourth-order valence-electron chi connectivity index (χ4n) is 1.44. The molecule has 0 unspecified atom stereocenters. The predicted molar refractivity (Wildman–Crippen MR) is 76.1 cm³/mol. The van der Waals surface area contributed by atoms with Gasteiger partial charge in [-0.25, -0.2) is 0 Å². The Morgan fingerprint density at radius 2 is 1.88 bits per heavy atom. The number of rotatable bonds is 3. The van der Waals surface area contributed by atoms with Crippen LogP contribution in [0.4, 0.5) is 0 Å². The van der Waals surface area contributed by atoms with Gasteiger partial charge < -0.3 is 4.74 Å². The lowest BCUT2D eigenvalue weighted by Gasteiger charge is -2.03. The molecule has 2 rings (SSSR count). The number of methoxy groups -OCH3 is 1. The molecule has 0 saturated carbocycles. The minimum Gasteiger partial charge on any atom is -0.495 e. The summed E-state index contributed by atoms with van der Waals surface area (Å²) in [7, 11) is 1.57. The Morgan fingerprint density at radius 1 is 1.24 bits per heavy atom. The number of ketones is 1. The van der Waals surface area contributed by atoms with Gasteiger partial charge in [-0.3, -0.25) is 4.79 Å². The van der Waals surface area contributed by atoms with Crippen molar-refractivity contribution in [3.8, 4) is 5.75 Å².